The molecular weight excluding hydrogens is 321 g/mol. The van der Waals surface area contributed by atoms with Crippen molar-refractivity contribution in [2.75, 3.05) is 25.0 Å². The molecule has 2 N–H and O–H groups in total. The third-order valence-corrected chi connectivity index (χ3v) is 4.57. The molecular formula is C17H23F3N2O2. The zero-order valence-electron chi connectivity index (χ0n) is 13.9. The van der Waals surface area contributed by atoms with Crippen molar-refractivity contribution in [1.29, 1.82) is 0 Å². The van der Waals surface area contributed by atoms with Crippen molar-refractivity contribution in [1.82, 2.24) is 4.90 Å². The van der Waals surface area contributed by atoms with E-state index in [1.54, 1.807) is 0 Å². The summed E-state index contributed by atoms with van der Waals surface area (Å²) in [5.74, 6) is -0.975. The van der Waals surface area contributed by atoms with E-state index < -0.39 is 18.2 Å². The fraction of sp³-hybridized carbons (Fsp3) is 0.588. The van der Waals surface area contributed by atoms with Gasteiger partial charge in [-0.3, -0.25) is 9.69 Å². The molecule has 1 amide bonds. The maximum Gasteiger partial charge on any atom is 0.414 e. The second kappa shape index (κ2) is 7.53. The van der Waals surface area contributed by atoms with Gasteiger partial charge in [-0.15, -0.1) is 0 Å². The van der Waals surface area contributed by atoms with E-state index in [1.807, 2.05) is 36.9 Å². The van der Waals surface area contributed by atoms with E-state index in [-0.39, 0.29) is 25.3 Å². The van der Waals surface area contributed by atoms with Crippen LogP contribution in [0.1, 0.15) is 24.0 Å². The number of aryl methyl sites for hydroxylation is 2. The second-order valence-corrected chi connectivity index (χ2v) is 6.45. The molecule has 7 heteroatoms. The molecule has 1 unspecified atom stereocenters. The number of likely N-dealkylation sites (tertiary alicyclic amines) is 1. The van der Waals surface area contributed by atoms with Gasteiger partial charge >= 0.3 is 6.18 Å². The Balaban J connectivity index is 1.81. The molecule has 1 heterocycles. The van der Waals surface area contributed by atoms with Gasteiger partial charge in [0.25, 0.3) is 0 Å². The van der Waals surface area contributed by atoms with Gasteiger partial charge in [-0.05, 0) is 69.0 Å². The molecule has 1 aliphatic heterocycles. The van der Waals surface area contributed by atoms with Gasteiger partial charge in [-0.1, -0.05) is 6.07 Å². The van der Waals surface area contributed by atoms with Crippen LogP contribution in [0.4, 0.5) is 18.9 Å². The molecule has 134 valence electrons. The standard InChI is InChI=1S/C17H23F3N2O2/c1-11-3-4-14(9-12(11)2)21-15(23)10-22-7-5-13(6-8-22)16(24)17(18,19)20/h3-4,9,13,16,24H,5-8,10H2,1-2H3,(H,21,23). The Hall–Kier alpha value is -1.60. The molecule has 0 aliphatic carbocycles. The Morgan fingerprint density at radius 1 is 1.29 bits per heavy atom. The average Bonchev–Trinajstić information content (AvgIpc) is 2.50. The van der Waals surface area contributed by atoms with Gasteiger partial charge < -0.3 is 10.4 Å². The lowest BCUT2D eigenvalue weighted by atomic mass is 9.91. The molecule has 0 bridgehead atoms. The van der Waals surface area contributed by atoms with Gasteiger partial charge in [0.1, 0.15) is 0 Å². The zero-order chi connectivity index (χ0) is 17.9. The summed E-state index contributed by atoms with van der Waals surface area (Å²) in [7, 11) is 0. The highest BCUT2D eigenvalue weighted by Gasteiger charge is 2.44. The predicted molar refractivity (Wildman–Crippen MR) is 85.8 cm³/mol. The van der Waals surface area contributed by atoms with Gasteiger partial charge in [0.05, 0.1) is 6.54 Å². The second-order valence-electron chi connectivity index (χ2n) is 6.45. The first-order valence-electron chi connectivity index (χ1n) is 8.01. The van der Waals surface area contributed by atoms with Crippen molar-refractivity contribution < 1.29 is 23.1 Å². The SMILES string of the molecule is Cc1ccc(NC(=O)CN2CCC(C(O)C(F)(F)F)CC2)cc1C. The van der Waals surface area contributed by atoms with Crippen molar-refractivity contribution in [2.45, 2.75) is 39.0 Å². The molecule has 1 fully saturated rings. The summed E-state index contributed by atoms with van der Waals surface area (Å²) < 4.78 is 37.5. The molecule has 1 aliphatic rings. The maximum atomic E-state index is 12.5. The maximum absolute atomic E-state index is 12.5. The van der Waals surface area contributed by atoms with E-state index in [0.717, 1.165) is 11.1 Å². The smallest absolute Gasteiger partial charge is 0.383 e. The van der Waals surface area contributed by atoms with Gasteiger partial charge in [-0.2, -0.15) is 13.2 Å². The number of aliphatic hydroxyl groups is 1. The van der Waals surface area contributed by atoms with Gasteiger partial charge in [0.2, 0.25) is 5.91 Å². The lowest BCUT2D eigenvalue weighted by molar-refractivity contribution is -0.223. The minimum atomic E-state index is -4.58. The summed E-state index contributed by atoms with van der Waals surface area (Å²) in [6.07, 6.45) is -6.38. The normalized spacial score (nSPS) is 18.4. The minimum Gasteiger partial charge on any atom is -0.383 e. The van der Waals surface area contributed by atoms with Crippen LogP contribution < -0.4 is 5.32 Å². The van der Waals surface area contributed by atoms with E-state index in [4.69, 9.17) is 0 Å². The number of piperidine rings is 1. The third-order valence-electron chi connectivity index (χ3n) is 4.57. The highest BCUT2D eigenvalue weighted by Crippen LogP contribution is 2.31. The van der Waals surface area contributed by atoms with Crippen LogP contribution in [0.25, 0.3) is 0 Å². The number of anilines is 1. The number of alkyl halides is 3. The molecule has 1 saturated heterocycles. The number of carbonyl (C=O) groups excluding carboxylic acids is 1. The quantitative estimate of drug-likeness (QED) is 0.883. The van der Waals surface area contributed by atoms with E-state index >= 15 is 0 Å². The van der Waals surface area contributed by atoms with E-state index in [0.29, 0.717) is 18.8 Å². The fourth-order valence-corrected chi connectivity index (χ4v) is 2.92. The third kappa shape index (κ3) is 4.95. The van der Waals surface area contributed by atoms with Crippen molar-refractivity contribution in [3.63, 3.8) is 0 Å². The molecule has 2 rings (SSSR count). The van der Waals surface area contributed by atoms with Gasteiger partial charge in [0.15, 0.2) is 6.10 Å². The number of carbonyl (C=O) groups is 1. The average molecular weight is 344 g/mol. The number of rotatable bonds is 4. The molecule has 0 radical (unpaired) electrons. The van der Waals surface area contributed by atoms with Crippen molar-refractivity contribution in [3.05, 3.63) is 29.3 Å². The number of hydrogen-bond acceptors (Lipinski definition) is 3. The lowest BCUT2D eigenvalue weighted by Crippen LogP contribution is -2.45. The van der Waals surface area contributed by atoms with Crippen LogP contribution in [0.3, 0.4) is 0 Å². The Morgan fingerprint density at radius 3 is 2.46 bits per heavy atom. The van der Waals surface area contributed by atoms with Gasteiger partial charge in [0, 0.05) is 5.69 Å². The molecule has 24 heavy (non-hydrogen) atoms. The Morgan fingerprint density at radius 2 is 1.92 bits per heavy atom. The van der Waals surface area contributed by atoms with Crippen LogP contribution in [0.5, 0.6) is 0 Å². The highest BCUT2D eigenvalue weighted by molar-refractivity contribution is 5.92. The Kier molecular flexibility index (Phi) is 5.87. The molecule has 4 nitrogen and oxygen atoms in total. The van der Waals surface area contributed by atoms with E-state index in [9.17, 15) is 23.1 Å². The summed E-state index contributed by atoms with van der Waals surface area (Å²) in [4.78, 5) is 13.9. The fourth-order valence-electron chi connectivity index (χ4n) is 2.92. The summed E-state index contributed by atoms with van der Waals surface area (Å²) >= 11 is 0. The summed E-state index contributed by atoms with van der Waals surface area (Å²) in [5.41, 5.74) is 2.93. The minimum absolute atomic E-state index is 0.141. The first-order chi connectivity index (χ1) is 11.2. The van der Waals surface area contributed by atoms with Crippen molar-refractivity contribution in [2.24, 2.45) is 5.92 Å². The number of benzene rings is 1. The molecule has 1 aromatic rings. The van der Waals surface area contributed by atoms with E-state index in [2.05, 4.69) is 5.32 Å². The number of amides is 1. The summed E-state index contributed by atoms with van der Waals surface area (Å²) in [6.45, 7) is 4.83. The van der Waals surface area contributed by atoms with Crippen LogP contribution >= 0.6 is 0 Å². The van der Waals surface area contributed by atoms with Crippen LogP contribution in [0, 0.1) is 19.8 Å². The Labute approximate surface area is 139 Å². The highest BCUT2D eigenvalue weighted by atomic mass is 19.4. The Bertz CT molecular complexity index is 582. The molecule has 0 spiro atoms. The van der Waals surface area contributed by atoms with Crippen molar-refractivity contribution in [3.8, 4) is 0 Å². The van der Waals surface area contributed by atoms with Crippen LogP contribution in [-0.4, -0.2) is 47.8 Å². The topological polar surface area (TPSA) is 52.6 Å². The number of aliphatic hydroxyl groups excluding tert-OH is 1. The number of nitrogens with zero attached hydrogens (tertiary/aromatic N) is 1. The van der Waals surface area contributed by atoms with Crippen LogP contribution in [0.15, 0.2) is 18.2 Å². The first kappa shape index (κ1) is 18.7. The van der Waals surface area contributed by atoms with Gasteiger partial charge in [-0.25, -0.2) is 0 Å². The summed E-state index contributed by atoms with van der Waals surface area (Å²) in [6, 6.07) is 5.64. The molecule has 0 aromatic heterocycles. The molecule has 1 aromatic carbocycles. The number of halogens is 3. The monoisotopic (exact) mass is 344 g/mol. The summed E-state index contributed by atoms with van der Waals surface area (Å²) in [5, 5.41) is 12.1. The lowest BCUT2D eigenvalue weighted by Gasteiger charge is -2.34. The zero-order valence-corrected chi connectivity index (χ0v) is 13.9. The number of hydrogen-bond donors (Lipinski definition) is 2. The van der Waals surface area contributed by atoms with Crippen LogP contribution in [-0.2, 0) is 4.79 Å². The predicted octanol–water partition coefficient (Wildman–Crippen LogP) is 2.88. The van der Waals surface area contributed by atoms with E-state index in [1.165, 1.54) is 0 Å². The van der Waals surface area contributed by atoms with Crippen LogP contribution in [0.2, 0.25) is 0 Å². The molecule has 0 saturated carbocycles. The first-order valence-corrected chi connectivity index (χ1v) is 8.01. The van der Waals surface area contributed by atoms with Crippen molar-refractivity contribution >= 4 is 11.6 Å². The molecule has 1 atom stereocenters. The largest absolute Gasteiger partial charge is 0.414 e. The number of nitrogens with one attached hydrogen (secondary N) is 1.